The Hall–Kier alpha value is -1.94. The molecule has 4 rings (SSSR count). The molecule has 0 aliphatic carbocycles. The van der Waals surface area contributed by atoms with Gasteiger partial charge in [-0.05, 0) is 51.9 Å². The van der Waals surface area contributed by atoms with E-state index in [1.54, 1.807) is 7.11 Å². The summed E-state index contributed by atoms with van der Waals surface area (Å²) >= 11 is 0. The molecule has 0 bridgehead atoms. The summed E-state index contributed by atoms with van der Waals surface area (Å²) in [5, 5.41) is 13.3. The molecule has 0 unspecified atom stereocenters. The smallest absolute Gasteiger partial charge is 0.200 e. The molecule has 1 fully saturated rings. The van der Waals surface area contributed by atoms with Crippen LogP contribution in [0.2, 0.25) is 16.6 Å². The number of methoxy groups -OCH3 is 1. The molecule has 2 aromatic rings. The minimum absolute atomic E-state index is 0.0100. The second-order valence-corrected chi connectivity index (χ2v) is 18.3. The Morgan fingerprint density at radius 2 is 1.62 bits per heavy atom. The maximum absolute atomic E-state index is 9.68. The molecule has 0 spiro atoms. The standard InChI is InChI=1S/C34H54N2O5Si/c1-24(2)42(25(3)4,26(5)6)41-33-21-35-20-32(34(33)29-12-9-27(22-37)10-13-29)40-23-28-11-14-31-30(19-28)36(16-18-39-31)15-8-17-38-7/h9-14,19,24-26,32-35,37H,8,15-18,20-23H2,1-7H3/t32-,33+,34+/m0/s1. The zero-order chi connectivity index (χ0) is 30.3. The summed E-state index contributed by atoms with van der Waals surface area (Å²) in [6.07, 6.45) is 0.944. The number of hydrogen-bond acceptors (Lipinski definition) is 7. The van der Waals surface area contributed by atoms with E-state index in [0.717, 1.165) is 61.8 Å². The number of aliphatic hydroxyl groups is 1. The van der Waals surface area contributed by atoms with Crippen LogP contribution in [0.1, 0.15) is 70.6 Å². The van der Waals surface area contributed by atoms with E-state index in [2.05, 4.69) is 82.1 Å². The van der Waals surface area contributed by atoms with Crippen LogP contribution in [-0.2, 0) is 27.1 Å². The van der Waals surface area contributed by atoms with Gasteiger partial charge in [-0.2, -0.15) is 0 Å². The Bertz CT molecular complexity index is 1090. The van der Waals surface area contributed by atoms with Crippen LogP contribution in [0.5, 0.6) is 5.75 Å². The summed E-state index contributed by atoms with van der Waals surface area (Å²) in [5.74, 6) is 1.03. The Kier molecular flexibility index (Phi) is 11.9. The Labute approximate surface area is 255 Å². The molecule has 2 aromatic carbocycles. The van der Waals surface area contributed by atoms with E-state index in [1.807, 2.05) is 12.1 Å². The van der Waals surface area contributed by atoms with E-state index in [1.165, 1.54) is 5.56 Å². The van der Waals surface area contributed by atoms with Crippen LogP contribution < -0.4 is 15.0 Å². The lowest BCUT2D eigenvalue weighted by molar-refractivity contribution is -0.0301. The van der Waals surface area contributed by atoms with Gasteiger partial charge in [0, 0.05) is 39.3 Å². The highest BCUT2D eigenvalue weighted by atomic mass is 28.4. The van der Waals surface area contributed by atoms with Crippen LogP contribution in [0.15, 0.2) is 42.5 Å². The van der Waals surface area contributed by atoms with Gasteiger partial charge in [-0.1, -0.05) is 71.9 Å². The monoisotopic (exact) mass is 598 g/mol. The van der Waals surface area contributed by atoms with E-state index in [-0.39, 0.29) is 24.7 Å². The van der Waals surface area contributed by atoms with Crippen molar-refractivity contribution >= 4 is 14.0 Å². The third-order valence-electron chi connectivity index (χ3n) is 9.33. The van der Waals surface area contributed by atoms with Gasteiger partial charge in [-0.25, -0.2) is 0 Å². The summed E-state index contributed by atoms with van der Waals surface area (Å²) in [5.41, 5.74) is 5.92. The summed E-state index contributed by atoms with van der Waals surface area (Å²) in [7, 11) is -0.373. The molecule has 2 aliphatic heterocycles. The maximum atomic E-state index is 9.68. The molecule has 0 aromatic heterocycles. The number of anilines is 1. The molecular weight excluding hydrogens is 544 g/mol. The first-order valence-corrected chi connectivity index (χ1v) is 18.0. The summed E-state index contributed by atoms with van der Waals surface area (Å²) in [4.78, 5) is 2.40. The van der Waals surface area contributed by atoms with E-state index < -0.39 is 8.32 Å². The van der Waals surface area contributed by atoms with Crippen molar-refractivity contribution < 1.29 is 23.7 Å². The number of nitrogens with one attached hydrogen (secondary N) is 1. The van der Waals surface area contributed by atoms with Gasteiger partial charge in [0.2, 0.25) is 8.32 Å². The van der Waals surface area contributed by atoms with Crippen molar-refractivity contribution in [1.82, 2.24) is 5.32 Å². The molecular formula is C34H54N2O5Si. The molecule has 8 heteroatoms. The SMILES string of the molecule is COCCCN1CCOc2ccc(CO[C@H]3CNC[C@@H](O[Si](C(C)C)(C(C)C)C(C)C)[C@@H]3c3ccc(CO)cc3)cc21. The van der Waals surface area contributed by atoms with Crippen LogP contribution in [-0.4, -0.2) is 72.1 Å². The Morgan fingerprint density at radius 3 is 2.26 bits per heavy atom. The van der Waals surface area contributed by atoms with Gasteiger partial charge in [0.25, 0.3) is 0 Å². The highest BCUT2D eigenvalue weighted by Gasteiger charge is 2.49. The minimum Gasteiger partial charge on any atom is -0.490 e. The van der Waals surface area contributed by atoms with Crippen LogP contribution >= 0.6 is 0 Å². The van der Waals surface area contributed by atoms with E-state index in [4.69, 9.17) is 18.6 Å². The van der Waals surface area contributed by atoms with Gasteiger partial charge in [-0.15, -0.1) is 0 Å². The summed E-state index contributed by atoms with van der Waals surface area (Å²) in [6, 6.07) is 14.8. The van der Waals surface area contributed by atoms with Crippen molar-refractivity contribution in [2.75, 3.05) is 51.4 Å². The second kappa shape index (κ2) is 15.2. The zero-order valence-corrected chi connectivity index (χ0v) is 27.9. The molecule has 0 amide bonds. The maximum Gasteiger partial charge on any atom is 0.200 e. The molecule has 234 valence electrons. The number of nitrogens with zero attached hydrogens (tertiary/aromatic N) is 1. The highest BCUT2D eigenvalue weighted by molar-refractivity contribution is 6.77. The lowest BCUT2D eigenvalue weighted by Gasteiger charge is -2.49. The molecule has 1 saturated heterocycles. The molecule has 0 saturated carbocycles. The summed E-state index contributed by atoms with van der Waals surface area (Å²) in [6.45, 7) is 19.5. The van der Waals surface area contributed by atoms with Crippen LogP contribution in [0, 0.1) is 0 Å². The van der Waals surface area contributed by atoms with Gasteiger partial charge in [0.1, 0.15) is 12.4 Å². The average molecular weight is 599 g/mol. The number of rotatable bonds is 14. The van der Waals surface area contributed by atoms with Crippen molar-refractivity contribution in [1.29, 1.82) is 0 Å². The number of hydrogen-bond donors (Lipinski definition) is 2. The van der Waals surface area contributed by atoms with Crippen molar-refractivity contribution in [2.24, 2.45) is 0 Å². The number of aliphatic hydroxyl groups excluding tert-OH is 1. The number of fused-ring (bicyclic) bond motifs is 1. The molecule has 7 nitrogen and oxygen atoms in total. The number of benzene rings is 2. The molecule has 2 N–H and O–H groups in total. The predicted octanol–water partition coefficient (Wildman–Crippen LogP) is 6.25. The van der Waals surface area contributed by atoms with Crippen molar-refractivity contribution in [3.63, 3.8) is 0 Å². The van der Waals surface area contributed by atoms with Gasteiger partial charge in [0.15, 0.2) is 0 Å². The third kappa shape index (κ3) is 7.40. The number of ether oxygens (including phenoxy) is 3. The third-order valence-corrected chi connectivity index (χ3v) is 15.5. The predicted molar refractivity (Wildman–Crippen MR) is 173 cm³/mol. The number of piperidine rings is 1. The largest absolute Gasteiger partial charge is 0.490 e. The average Bonchev–Trinajstić information content (AvgIpc) is 2.98. The first-order chi connectivity index (χ1) is 20.2. The molecule has 2 heterocycles. The normalized spacial score (nSPS) is 21.2. The van der Waals surface area contributed by atoms with E-state index in [9.17, 15) is 5.11 Å². The van der Waals surface area contributed by atoms with E-state index >= 15 is 0 Å². The van der Waals surface area contributed by atoms with Crippen molar-refractivity contribution in [2.45, 2.75) is 95.9 Å². The van der Waals surface area contributed by atoms with Gasteiger partial charge in [0.05, 0.1) is 37.7 Å². The van der Waals surface area contributed by atoms with E-state index in [0.29, 0.717) is 29.8 Å². The fourth-order valence-electron chi connectivity index (χ4n) is 7.33. The molecule has 42 heavy (non-hydrogen) atoms. The minimum atomic E-state index is -2.13. The van der Waals surface area contributed by atoms with Gasteiger partial charge >= 0.3 is 0 Å². The topological polar surface area (TPSA) is 72.4 Å². The quantitative estimate of drug-likeness (QED) is 0.197. The van der Waals surface area contributed by atoms with Crippen molar-refractivity contribution in [3.05, 3.63) is 59.2 Å². The van der Waals surface area contributed by atoms with Gasteiger partial charge < -0.3 is 34.0 Å². The zero-order valence-electron chi connectivity index (χ0n) is 26.9. The first kappa shape index (κ1) is 33.0. The van der Waals surface area contributed by atoms with Gasteiger partial charge in [-0.3, -0.25) is 0 Å². The Morgan fingerprint density at radius 1 is 0.952 bits per heavy atom. The van der Waals surface area contributed by atoms with Crippen LogP contribution in [0.25, 0.3) is 0 Å². The highest BCUT2D eigenvalue weighted by Crippen LogP contribution is 2.45. The molecule has 3 atom stereocenters. The first-order valence-electron chi connectivity index (χ1n) is 15.9. The summed E-state index contributed by atoms with van der Waals surface area (Å²) < 4.78 is 25.5. The second-order valence-electron chi connectivity index (χ2n) is 12.9. The fourth-order valence-corrected chi connectivity index (χ4v) is 12.9. The fraction of sp³-hybridized carbons (Fsp3) is 0.647. The Balaban J connectivity index is 1.59. The molecule has 0 radical (unpaired) electrons. The van der Waals surface area contributed by atoms with Crippen LogP contribution in [0.3, 0.4) is 0 Å². The van der Waals surface area contributed by atoms with Crippen LogP contribution in [0.4, 0.5) is 5.69 Å². The molecule has 2 aliphatic rings. The lowest BCUT2D eigenvalue weighted by Crippen LogP contribution is -2.58. The lowest BCUT2D eigenvalue weighted by atomic mass is 9.85. The van der Waals surface area contributed by atoms with Crippen molar-refractivity contribution in [3.8, 4) is 5.75 Å².